The predicted octanol–water partition coefficient (Wildman–Crippen LogP) is 9.49. The topological polar surface area (TPSA) is 0 Å². The van der Waals surface area contributed by atoms with Crippen LogP contribution < -0.4 is 0 Å². The van der Waals surface area contributed by atoms with Crippen LogP contribution in [0.15, 0.2) is 141 Å². The molecular formula is C36H48Si6. The fourth-order valence-electron chi connectivity index (χ4n) is 11.8. The van der Waals surface area contributed by atoms with E-state index >= 15 is 0 Å². The highest BCUT2D eigenvalue weighted by Gasteiger charge is 2.87. The summed E-state index contributed by atoms with van der Waals surface area (Å²) in [4.78, 5) is 0. The van der Waals surface area contributed by atoms with Gasteiger partial charge in [0.1, 0.15) is 0 Å². The Morgan fingerprint density at radius 1 is 0.286 bits per heavy atom. The molecule has 0 nitrogen and oxygen atoms in total. The van der Waals surface area contributed by atoms with Gasteiger partial charge in [0.15, 0.2) is 0 Å². The lowest BCUT2D eigenvalue weighted by Gasteiger charge is -2.78. The van der Waals surface area contributed by atoms with Gasteiger partial charge in [-0.15, -0.1) is 0 Å². The van der Waals surface area contributed by atoms with Crippen molar-refractivity contribution in [1.82, 2.24) is 0 Å². The molecule has 42 heavy (non-hydrogen) atoms. The quantitative estimate of drug-likeness (QED) is 0.252. The van der Waals surface area contributed by atoms with Gasteiger partial charge in [-0.3, -0.25) is 0 Å². The molecule has 6 aliphatic carbocycles. The minimum absolute atomic E-state index is 1.22. The predicted molar refractivity (Wildman–Crippen MR) is 201 cm³/mol. The van der Waals surface area contributed by atoms with Crippen LogP contribution in [0.4, 0.5) is 0 Å². The van der Waals surface area contributed by atoms with Crippen LogP contribution in [-0.4, -0.2) is 42.7 Å². The first-order valence-electron chi connectivity index (χ1n) is 16.3. The summed E-state index contributed by atoms with van der Waals surface area (Å²) in [6.45, 7) is 18.3. The first-order chi connectivity index (χ1) is 20.1. The van der Waals surface area contributed by atoms with Crippen LogP contribution in [0.25, 0.3) is 0 Å². The Bertz CT molecular complexity index is 1290. The molecule has 0 atom stereocenters. The van der Waals surface area contributed by atoms with Gasteiger partial charge in [-0.1, -0.05) is 180 Å². The van der Waals surface area contributed by atoms with Crippen LogP contribution >= 0.6 is 0 Å². The SMILES string of the molecule is C[Si]1(C2=CC=CC2)[Si](C)(C2=CC=CC2)[Si](C)(C2=CC=CC2)[Si](C)(C2=CC=CC2)[Si](C)(C2=CC=CC2)[Si]1(C)C1=CC=CC1. The second-order valence-corrected chi connectivity index (χ2v) is 77.0. The van der Waals surface area contributed by atoms with Gasteiger partial charge in [-0.25, -0.2) is 0 Å². The van der Waals surface area contributed by atoms with Crippen molar-refractivity contribution in [3.63, 3.8) is 0 Å². The first kappa shape index (κ1) is 28.9. The fraction of sp³-hybridized carbons (Fsp3) is 0.333. The maximum absolute atomic E-state index is 3.06. The molecule has 0 unspecified atom stereocenters. The summed E-state index contributed by atoms with van der Waals surface area (Å²) in [6, 6.07) is 0. The Labute approximate surface area is 259 Å². The lowest BCUT2D eigenvalue weighted by Crippen LogP contribution is -3.05. The molecule has 0 bridgehead atoms. The Balaban J connectivity index is 1.70. The molecule has 0 spiro atoms. The molecule has 1 heterocycles. The summed E-state index contributed by atoms with van der Waals surface area (Å²) in [5.74, 6) is 0. The van der Waals surface area contributed by atoms with Crippen molar-refractivity contribution in [2.45, 2.75) is 77.8 Å². The van der Waals surface area contributed by atoms with E-state index in [1.54, 1.807) is 0 Å². The van der Waals surface area contributed by atoms with E-state index in [1.165, 1.54) is 38.5 Å². The van der Waals surface area contributed by atoms with Gasteiger partial charge in [-0.2, -0.15) is 0 Å². The molecule has 1 fully saturated rings. The van der Waals surface area contributed by atoms with Crippen LogP contribution in [0.2, 0.25) is 39.3 Å². The van der Waals surface area contributed by atoms with E-state index in [1.807, 2.05) is 31.2 Å². The van der Waals surface area contributed by atoms with Crippen molar-refractivity contribution in [2.24, 2.45) is 0 Å². The summed E-state index contributed by atoms with van der Waals surface area (Å²) < 4.78 is 0. The molecule has 0 aromatic rings. The van der Waals surface area contributed by atoms with Crippen LogP contribution in [-0.2, 0) is 0 Å². The van der Waals surface area contributed by atoms with Crippen molar-refractivity contribution >= 4 is 42.7 Å². The van der Waals surface area contributed by atoms with Gasteiger partial charge in [0.25, 0.3) is 0 Å². The van der Waals surface area contributed by atoms with E-state index in [0.29, 0.717) is 0 Å². The van der Waals surface area contributed by atoms with Crippen molar-refractivity contribution < 1.29 is 0 Å². The maximum Gasteiger partial charge on any atom is 0.0719 e. The molecule has 7 aliphatic rings. The second-order valence-electron chi connectivity index (χ2n) is 14.7. The minimum Gasteiger partial charge on any atom is -0.0819 e. The fourth-order valence-corrected chi connectivity index (χ4v) is 252. The highest BCUT2D eigenvalue weighted by molar-refractivity contribution is 8.18. The molecule has 0 saturated carbocycles. The third-order valence-corrected chi connectivity index (χ3v) is 151. The van der Waals surface area contributed by atoms with Gasteiger partial charge >= 0.3 is 0 Å². The third kappa shape index (κ3) is 3.11. The summed E-state index contributed by atoms with van der Waals surface area (Å²) in [7, 11) is -12.3. The zero-order valence-electron chi connectivity index (χ0n) is 26.6. The Kier molecular flexibility index (Phi) is 6.78. The molecule has 1 aliphatic heterocycles. The highest BCUT2D eigenvalue weighted by Crippen LogP contribution is 2.65. The Morgan fingerprint density at radius 3 is 0.524 bits per heavy atom. The summed E-state index contributed by atoms with van der Waals surface area (Å²) in [5.41, 5.74) is 0. The Hall–Kier alpha value is -1.82. The number of hydrogen-bond acceptors (Lipinski definition) is 0. The Morgan fingerprint density at radius 2 is 0.429 bits per heavy atom. The molecule has 0 amide bonds. The molecule has 0 aromatic heterocycles. The average Bonchev–Trinajstić information content (AvgIpc) is 3.85. The number of allylic oxidation sites excluding steroid dienone is 24. The van der Waals surface area contributed by atoms with Crippen molar-refractivity contribution in [3.8, 4) is 0 Å². The molecular weight excluding hydrogens is 601 g/mol. The molecule has 1 saturated heterocycles. The molecule has 0 N–H and O–H groups in total. The van der Waals surface area contributed by atoms with E-state index in [4.69, 9.17) is 0 Å². The number of hydrogen-bond donors (Lipinski definition) is 0. The van der Waals surface area contributed by atoms with Gasteiger partial charge in [-0.05, 0) is 38.5 Å². The molecule has 6 heteroatoms. The second kappa shape index (κ2) is 9.84. The largest absolute Gasteiger partial charge is 0.0819 e. The molecule has 0 radical (unpaired) electrons. The highest BCUT2D eigenvalue weighted by atomic mass is 30.2. The summed E-state index contributed by atoms with van der Waals surface area (Å²) in [6.07, 6.45) is 53.4. The lowest BCUT2D eigenvalue weighted by atomic mass is 10.5. The molecule has 216 valence electrons. The summed E-state index contributed by atoms with van der Waals surface area (Å²) in [5, 5.41) is 11.7. The van der Waals surface area contributed by atoms with E-state index in [2.05, 4.69) is 149 Å². The van der Waals surface area contributed by atoms with E-state index in [0.717, 1.165) is 0 Å². The van der Waals surface area contributed by atoms with Crippen molar-refractivity contribution in [3.05, 3.63) is 141 Å². The smallest absolute Gasteiger partial charge is 0.0719 e. The van der Waals surface area contributed by atoms with Crippen LogP contribution in [0.3, 0.4) is 0 Å². The maximum atomic E-state index is 3.06. The molecule has 0 aromatic carbocycles. The van der Waals surface area contributed by atoms with Crippen molar-refractivity contribution in [1.29, 1.82) is 0 Å². The third-order valence-electron chi connectivity index (χ3n) is 14.5. The normalized spacial score (nSPS) is 43.3. The van der Waals surface area contributed by atoms with Gasteiger partial charge in [0.2, 0.25) is 0 Å². The lowest BCUT2D eigenvalue weighted by molar-refractivity contribution is 1.32. The summed E-state index contributed by atoms with van der Waals surface area (Å²) >= 11 is 0. The van der Waals surface area contributed by atoms with Gasteiger partial charge < -0.3 is 0 Å². The van der Waals surface area contributed by atoms with Crippen LogP contribution in [0, 0.1) is 0 Å². The first-order valence-corrected chi connectivity index (χ1v) is 37.3. The van der Waals surface area contributed by atoms with E-state index in [9.17, 15) is 0 Å². The van der Waals surface area contributed by atoms with Crippen LogP contribution in [0.1, 0.15) is 38.5 Å². The van der Waals surface area contributed by atoms with Crippen LogP contribution in [0.5, 0.6) is 0 Å². The average molecular weight is 649 g/mol. The van der Waals surface area contributed by atoms with E-state index < -0.39 is 42.7 Å². The minimum atomic E-state index is -2.05. The standard InChI is InChI=1S/C36H48Si6/c1-37(31-19-7-8-20-31)38(2,32-21-9-10-22-32)40(4,34-25-13-14-26-34)42(6,36-29-17-18-30-36)41(5,35-27-15-16-28-35)39(37,3)33-23-11-12-24-33/h7-19,21,23,25,27,29H,20,22,24,26,28,30H2,1-6H3. The van der Waals surface area contributed by atoms with E-state index in [-0.39, 0.29) is 0 Å². The zero-order chi connectivity index (χ0) is 29.4. The monoisotopic (exact) mass is 648 g/mol. The van der Waals surface area contributed by atoms with Gasteiger partial charge in [0.05, 0.1) is 42.7 Å². The zero-order valence-corrected chi connectivity index (χ0v) is 32.6. The van der Waals surface area contributed by atoms with Crippen molar-refractivity contribution in [2.75, 3.05) is 0 Å². The molecule has 7 rings (SSSR count). The van der Waals surface area contributed by atoms with Gasteiger partial charge in [0, 0.05) is 0 Å². The number of rotatable bonds is 6.